The van der Waals surface area contributed by atoms with E-state index in [0.29, 0.717) is 5.69 Å². The highest BCUT2D eigenvalue weighted by Gasteiger charge is 2.68. The molecule has 4 aliphatic rings. The lowest BCUT2D eigenvalue weighted by Gasteiger charge is -2.50. The molecule has 1 heterocycles. The highest BCUT2D eigenvalue weighted by atomic mass is 35.5. The van der Waals surface area contributed by atoms with E-state index in [0.717, 1.165) is 22.3 Å². The molecule has 0 spiro atoms. The SMILES string of the molecule is CC(=O)Oc1cccc(N2C(=O)[C@@H]3C4c5ccccc5C(Cl)(c5ccccc54)[C@H]3C2=O)c1. The first-order valence-electron chi connectivity index (χ1n) is 10.5. The molecular weight excluding hydrogens is 426 g/mol. The van der Waals surface area contributed by atoms with Crippen molar-refractivity contribution in [3.8, 4) is 5.75 Å². The summed E-state index contributed by atoms with van der Waals surface area (Å²) in [6.07, 6.45) is 0. The highest BCUT2D eigenvalue weighted by Crippen LogP contribution is 2.65. The van der Waals surface area contributed by atoms with Gasteiger partial charge in [0.25, 0.3) is 0 Å². The highest BCUT2D eigenvalue weighted by molar-refractivity contribution is 6.33. The number of hydrogen-bond acceptors (Lipinski definition) is 4. The summed E-state index contributed by atoms with van der Waals surface area (Å²) in [7, 11) is 0. The van der Waals surface area contributed by atoms with E-state index in [1.54, 1.807) is 18.2 Å². The van der Waals surface area contributed by atoms with Crippen LogP contribution in [0.2, 0.25) is 0 Å². The first-order chi connectivity index (χ1) is 15.4. The van der Waals surface area contributed by atoms with Crippen molar-refractivity contribution in [2.45, 2.75) is 17.7 Å². The topological polar surface area (TPSA) is 63.7 Å². The minimum atomic E-state index is -1.12. The van der Waals surface area contributed by atoms with Gasteiger partial charge in [-0.05, 0) is 34.4 Å². The van der Waals surface area contributed by atoms with Gasteiger partial charge in [-0.15, -0.1) is 11.6 Å². The second-order valence-electron chi connectivity index (χ2n) is 8.47. The number of carbonyl (C=O) groups excluding carboxylic acids is 3. The van der Waals surface area contributed by atoms with Gasteiger partial charge < -0.3 is 4.74 Å². The molecule has 0 radical (unpaired) electrons. The predicted octanol–water partition coefficient (Wildman–Crippen LogP) is 4.36. The van der Waals surface area contributed by atoms with E-state index >= 15 is 0 Å². The molecule has 158 valence electrons. The summed E-state index contributed by atoms with van der Waals surface area (Å²) in [6.45, 7) is 1.30. The van der Waals surface area contributed by atoms with Crippen LogP contribution in [0.25, 0.3) is 0 Å². The number of nitrogens with zero attached hydrogens (tertiary/aromatic N) is 1. The number of halogens is 1. The Morgan fingerprint density at radius 3 is 2.16 bits per heavy atom. The molecule has 0 unspecified atom stereocenters. The normalized spacial score (nSPS) is 27.1. The van der Waals surface area contributed by atoms with Gasteiger partial charge in [-0.25, -0.2) is 4.90 Å². The van der Waals surface area contributed by atoms with Crippen molar-refractivity contribution in [2.75, 3.05) is 4.90 Å². The number of amides is 2. The molecule has 1 saturated heterocycles. The quantitative estimate of drug-likeness (QED) is 0.255. The lowest BCUT2D eigenvalue weighted by atomic mass is 9.54. The molecule has 0 aromatic heterocycles. The Labute approximate surface area is 189 Å². The van der Waals surface area contributed by atoms with Gasteiger partial charge in [0.15, 0.2) is 0 Å². The Balaban J connectivity index is 1.54. The molecule has 2 amide bonds. The lowest BCUT2D eigenvalue weighted by molar-refractivity contribution is -0.132. The summed E-state index contributed by atoms with van der Waals surface area (Å²) < 4.78 is 5.17. The number of anilines is 1. The van der Waals surface area contributed by atoms with Crippen molar-refractivity contribution in [3.63, 3.8) is 0 Å². The molecule has 2 atom stereocenters. The lowest BCUT2D eigenvalue weighted by Crippen LogP contribution is -2.50. The van der Waals surface area contributed by atoms with E-state index < -0.39 is 22.7 Å². The number of carbonyl (C=O) groups is 3. The molecule has 6 heteroatoms. The number of alkyl halides is 1. The van der Waals surface area contributed by atoms with E-state index in [4.69, 9.17) is 16.3 Å². The third-order valence-electron chi connectivity index (χ3n) is 6.85. The molecular formula is C26H18ClNO4. The minimum absolute atomic E-state index is 0.244. The molecule has 2 bridgehead atoms. The summed E-state index contributed by atoms with van der Waals surface area (Å²) in [4.78, 5) is 39.1. The molecule has 0 saturated carbocycles. The van der Waals surface area contributed by atoms with Crippen LogP contribution in [0.4, 0.5) is 5.69 Å². The van der Waals surface area contributed by atoms with Crippen LogP contribution >= 0.6 is 11.6 Å². The van der Waals surface area contributed by atoms with Crippen molar-refractivity contribution in [3.05, 3.63) is 95.1 Å². The van der Waals surface area contributed by atoms with Crippen LogP contribution in [-0.4, -0.2) is 17.8 Å². The van der Waals surface area contributed by atoms with Crippen molar-refractivity contribution in [2.24, 2.45) is 11.8 Å². The molecule has 1 aliphatic heterocycles. The zero-order valence-electron chi connectivity index (χ0n) is 17.1. The van der Waals surface area contributed by atoms with Crippen molar-refractivity contribution < 1.29 is 19.1 Å². The third kappa shape index (κ3) is 2.32. The fourth-order valence-corrected chi connectivity index (χ4v) is 6.36. The molecule has 3 aromatic carbocycles. The van der Waals surface area contributed by atoms with Gasteiger partial charge in [-0.3, -0.25) is 14.4 Å². The van der Waals surface area contributed by atoms with Gasteiger partial charge in [-0.1, -0.05) is 54.6 Å². The van der Waals surface area contributed by atoms with E-state index in [2.05, 4.69) is 0 Å². The number of imide groups is 1. The van der Waals surface area contributed by atoms with Gasteiger partial charge in [-0.2, -0.15) is 0 Å². The van der Waals surface area contributed by atoms with E-state index in [1.165, 1.54) is 17.9 Å². The molecule has 3 aliphatic carbocycles. The van der Waals surface area contributed by atoms with Crippen molar-refractivity contribution >= 4 is 35.1 Å². The molecule has 0 N–H and O–H groups in total. The van der Waals surface area contributed by atoms with E-state index in [9.17, 15) is 14.4 Å². The zero-order chi connectivity index (χ0) is 22.2. The van der Waals surface area contributed by atoms with E-state index in [-0.39, 0.29) is 23.5 Å². The zero-order valence-corrected chi connectivity index (χ0v) is 17.9. The Bertz CT molecular complexity index is 1290. The second kappa shape index (κ2) is 6.53. The minimum Gasteiger partial charge on any atom is -0.427 e. The van der Waals surface area contributed by atoms with Crippen molar-refractivity contribution in [1.82, 2.24) is 0 Å². The maximum Gasteiger partial charge on any atom is 0.308 e. The maximum atomic E-state index is 13.8. The Hall–Kier alpha value is -3.44. The van der Waals surface area contributed by atoms with Crippen LogP contribution in [-0.2, 0) is 19.3 Å². The molecule has 1 fully saturated rings. The first kappa shape index (κ1) is 19.3. The largest absolute Gasteiger partial charge is 0.427 e. The fraction of sp³-hybridized carbons (Fsp3) is 0.192. The maximum absolute atomic E-state index is 13.8. The van der Waals surface area contributed by atoms with Gasteiger partial charge in [0.05, 0.1) is 17.5 Å². The first-order valence-corrected chi connectivity index (χ1v) is 10.8. The fourth-order valence-electron chi connectivity index (χ4n) is 5.79. The summed E-state index contributed by atoms with van der Waals surface area (Å²) >= 11 is 7.40. The van der Waals surface area contributed by atoms with Crippen LogP contribution in [0.1, 0.15) is 35.1 Å². The number of rotatable bonds is 2. The summed E-state index contributed by atoms with van der Waals surface area (Å²) in [5.41, 5.74) is 4.16. The number of benzene rings is 3. The van der Waals surface area contributed by atoms with Crippen LogP contribution < -0.4 is 9.64 Å². The van der Waals surface area contributed by atoms with Gasteiger partial charge >= 0.3 is 5.97 Å². The monoisotopic (exact) mass is 443 g/mol. The Morgan fingerprint density at radius 2 is 1.53 bits per heavy atom. The van der Waals surface area contributed by atoms with Gasteiger partial charge in [0.2, 0.25) is 11.8 Å². The van der Waals surface area contributed by atoms with Crippen LogP contribution in [0.3, 0.4) is 0 Å². The molecule has 5 nitrogen and oxygen atoms in total. The smallest absolute Gasteiger partial charge is 0.308 e. The Morgan fingerprint density at radius 1 is 0.906 bits per heavy atom. The number of hydrogen-bond donors (Lipinski definition) is 0. The summed E-state index contributed by atoms with van der Waals surface area (Å²) in [5, 5.41) is 0. The van der Waals surface area contributed by atoms with E-state index in [1.807, 2.05) is 48.5 Å². The third-order valence-corrected chi connectivity index (χ3v) is 7.49. The van der Waals surface area contributed by atoms with Crippen molar-refractivity contribution in [1.29, 1.82) is 0 Å². The van der Waals surface area contributed by atoms with Gasteiger partial charge in [0, 0.05) is 18.9 Å². The average molecular weight is 444 g/mol. The Kier molecular flexibility index (Phi) is 3.93. The molecule has 3 aromatic rings. The predicted molar refractivity (Wildman–Crippen MR) is 119 cm³/mol. The summed E-state index contributed by atoms with van der Waals surface area (Å²) in [5.74, 6) is -2.36. The summed E-state index contributed by atoms with van der Waals surface area (Å²) in [6, 6.07) is 22.1. The average Bonchev–Trinajstić information content (AvgIpc) is 3.05. The second-order valence-corrected chi connectivity index (χ2v) is 9.07. The number of esters is 1. The standard InChI is InChI=1S/C26H18ClNO4/c1-14(29)32-16-8-6-7-15(13-16)28-24(30)22-21-17-9-2-4-11-19(17)26(27,23(22)25(28)31)20-12-5-3-10-18(20)21/h2-13,21-23H,1H3/t21?,22-,23-,26?/m1/s1. The van der Waals surface area contributed by atoms with Crippen LogP contribution in [0, 0.1) is 11.8 Å². The van der Waals surface area contributed by atoms with Crippen LogP contribution in [0.15, 0.2) is 72.8 Å². The van der Waals surface area contributed by atoms with Crippen LogP contribution in [0.5, 0.6) is 5.75 Å². The molecule has 32 heavy (non-hydrogen) atoms. The molecule has 7 rings (SSSR count). The van der Waals surface area contributed by atoms with Gasteiger partial charge in [0.1, 0.15) is 10.6 Å². The number of ether oxygens (including phenoxy) is 1.